The standard InChI is InChI=1S/C12H24N2O2/c1-10(15)6-5-8-13-11(16)12(2)7-3-4-9-14-12/h10,14-15H,3-9H2,1-2H3,(H,13,16). The normalized spacial score (nSPS) is 27.4. The highest BCUT2D eigenvalue weighted by atomic mass is 16.3. The summed E-state index contributed by atoms with van der Waals surface area (Å²) in [6, 6.07) is 0. The fourth-order valence-corrected chi connectivity index (χ4v) is 2.04. The molecule has 0 radical (unpaired) electrons. The highest BCUT2D eigenvalue weighted by Crippen LogP contribution is 2.18. The largest absolute Gasteiger partial charge is 0.393 e. The molecular weight excluding hydrogens is 204 g/mol. The Bertz CT molecular complexity index is 223. The third-order valence-electron chi connectivity index (χ3n) is 3.20. The second-order valence-electron chi connectivity index (χ2n) is 4.96. The Hall–Kier alpha value is -0.610. The molecule has 1 aliphatic heterocycles. The van der Waals surface area contributed by atoms with Gasteiger partial charge in [0.2, 0.25) is 5.91 Å². The molecule has 1 aliphatic rings. The SMILES string of the molecule is CC(O)CCCNC(=O)C1(C)CCCCN1. The molecule has 1 saturated heterocycles. The average Bonchev–Trinajstić information content (AvgIpc) is 2.25. The summed E-state index contributed by atoms with van der Waals surface area (Å²) in [5.74, 6) is 0.0952. The molecular formula is C12H24N2O2. The van der Waals surface area contributed by atoms with E-state index in [0.29, 0.717) is 6.54 Å². The Morgan fingerprint density at radius 1 is 1.56 bits per heavy atom. The molecule has 1 amide bonds. The minimum Gasteiger partial charge on any atom is -0.393 e. The lowest BCUT2D eigenvalue weighted by atomic mass is 9.90. The van der Waals surface area contributed by atoms with Crippen LogP contribution >= 0.6 is 0 Å². The number of amides is 1. The minimum absolute atomic E-state index is 0.0952. The smallest absolute Gasteiger partial charge is 0.240 e. The molecule has 4 heteroatoms. The van der Waals surface area contributed by atoms with Gasteiger partial charge in [-0.15, -0.1) is 0 Å². The van der Waals surface area contributed by atoms with Crippen LogP contribution in [0.3, 0.4) is 0 Å². The van der Waals surface area contributed by atoms with E-state index in [0.717, 1.165) is 38.6 Å². The molecule has 0 spiro atoms. The Kier molecular flexibility index (Phi) is 5.22. The third kappa shape index (κ3) is 4.10. The van der Waals surface area contributed by atoms with Crippen molar-refractivity contribution in [3.05, 3.63) is 0 Å². The van der Waals surface area contributed by atoms with Crippen LogP contribution in [0, 0.1) is 0 Å². The Morgan fingerprint density at radius 3 is 2.88 bits per heavy atom. The van der Waals surface area contributed by atoms with Gasteiger partial charge in [0, 0.05) is 6.54 Å². The van der Waals surface area contributed by atoms with Gasteiger partial charge in [-0.2, -0.15) is 0 Å². The fourth-order valence-electron chi connectivity index (χ4n) is 2.04. The van der Waals surface area contributed by atoms with Crippen molar-refractivity contribution in [1.29, 1.82) is 0 Å². The molecule has 0 aromatic carbocycles. The highest BCUT2D eigenvalue weighted by molar-refractivity contribution is 5.85. The van der Waals surface area contributed by atoms with Crippen LogP contribution in [-0.2, 0) is 4.79 Å². The predicted octanol–water partition coefficient (Wildman–Crippen LogP) is 0.796. The summed E-state index contributed by atoms with van der Waals surface area (Å²) in [6.07, 6.45) is 4.48. The maximum absolute atomic E-state index is 11.9. The first kappa shape index (κ1) is 13.5. The van der Waals surface area contributed by atoms with Crippen molar-refractivity contribution in [2.75, 3.05) is 13.1 Å². The van der Waals surface area contributed by atoms with Gasteiger partial charge in [0.25, 0.3) is 0 Å². The van der Waals surface area contributed by atoms with E-state index in [-0.39, 0.29) is 17.6 Å². The third-order valence-corrected chi connectivity index (χ3v) is 3.20. The number of nitrogens with one attached hydrogen (secondary N) is 2. The number of carbonyl (C=O) groups excluding carboxylic acids is 1. The van der Waals surface area contributed by atoms with E-state index < -0.39 is 0 Å². The van der Waals surface area contributed by atoms with Gasteiger partial charge in [0.15, 0.2) is 0 Å². The summed E-state index contributed by atoms with van der Waals surface area (Å²) in [7, 11) is 0. The van der Waals surface area contributed by atoms with Crippen LogP contribution in [0.2, 0.25) is 0 Å². The van der Waals surface area contributed by atoms with E-state index in [1.165, 1.54) is 0 Å². The molecule has 1 heterocycles. The minimum atomic E-state index is -0.386. The van der Waals surface area contributed by atoms with Gasteiger partial charge < -0.3 is 15.7 Å². The molecule has 0 aliphatic carbocycles. The van der Waals surface area contributed by atoms with Crippen LogP contribution < -0.4 is 10.6 Å². The first-order valence-electron chi connectivity index (χ1n) is 6.26. The van der Waals surface area contributed by atoms with E-state index in [1.54, 1.807) is 6.92 Å². The van der Waals surface area contributed by atoms with E-state index >= 15 is 0 Å². The molecule has 0 aromatic heterocycles. The molecule has 1 rings (SSSR count). The van der Waals surface area contributed by atoms with Gasteiger partial charge in [-0.05, 0) is 52.5 Å². The highest BCUT2D eigenvalue weighted by Gasteiger charge is 2.33. The number of aliphatic hydroxyl groups excluding tert-OH is 1. The van der Waals surface area contributed by atoms with Crippen molar-refractivity contribution >= 4 is 5.91 Å². The van der Waals surface area contributed by atoms with Crippen molar-refractivity contribution < 1.29 is 9.90 Å². The molecule has 16 heavy (non-hydrogen) atoms. The zero-order valence-corrected chi connectivity index (χ0v) is 10.4. The van der Waals surface area contributed by atoms with Crippen molar-refractivity contribution in [2.24, 2.45) is 0 Å². The van der Waals surface area contributed by atoms with Crippen LogP contribution in [-0.4, -0.2) is 35.7 Å². The zero-order chi connectivity index (χ0) is 12.0. The van der Waals surface area contributed by atoms with Crippen molar-refractivity contribution in [2.45, 2.75) is 57.6 Å². The summed E-state index contributed by atoms with van der Waals surface area (Å²) in [6.45, 7) is 5.32. The van der Waals surface area contributed by atoms with Crippen LogP contribution in [0.5, 0.6) is 0 Å². The Morgan fingerprint density at radius 2 is 2.31 bits per heavy atom. The fraction of sp³-hybridized carbons (Fsp3) is 0.917. The van der Waals surface area contributed by atoms with Crippen molar-refractivity contribution in [1.82, 2.24) is 10.6 Å². The maximum Gasteiger partial charge on any atom is 0.240 e. The molecule has 4 nitrogen and oxygen atoms in total. The van der Waals surface area contributed by atoms with E-state index in [1.807, 2.05) is 6.92 Å². The summed E-state index contributed by atoms with van der Waals surface area (Å²) >= 11 is 0. The Labute approximate surface area is 97.8 Å². The topological polar surface area (TPSA) is 61.4 Å². The van der Waals surface area contributed by atoms with Crippen molar-refractivity contribution in [3.8, 4) is 0 Å². The molecule has 0 aromatic rings. The van der Waals surface area contributed by atoms with Crippen LogP contribution in [0.25, 0.3) is 0 Å². The number of piperidine rings is 1. The monoisotopic (exact) mass is 228 g/mol. The number of hydrogen-bond donors (Lipinski definition) is 3. The number of aliphatic hydroxyl groups is 1. The molecule has 94 valence electrons. The number of rotatable bonds is 5. The van der Waals surface area contributed by atoms with Gasteiger partial charge in [-0.1, -0.05) is 0 Å². The first-order valence-corrected chi connectivity index (χ1v) is 6.26. The van der Waals surface area contributed by atoms with Gasteiger partial charge in [-0.25, -0.2) is 0 Å². The van der Waals surface area contributed by atoms with Crippen LogP contribution in [0.15, 0.2) is 0 Å². The predicted molar refractivity (Wildman–Crippen MR) is 64.2 cm³/mol. The lowest BCUT2D eigenvalue weighted by molar-refractivity contribution is -0.127. The van der Waals surface area contributed by atoms with Gasteiger partial charge in [0.05, 0.1) is 11.6 Å². The van der Waals surface area contributed by atoms with Crippen LogP contribution in [0.4, 0.5) is 0 Å². The molecule has 3 N–H and O–H groups in total. The number of hydrogen-bond acceptors (Lipinski definition) is 3. The molecule has 2 atom stereocenters. The average molecular weight is 228 g/mol. The Balaban J connectivity index is 2.23. The van der Waals surface area contributed by atoms with E-state index in [4.69, 9.17) is 5.11 Å². The van der Waals surface area contributed by atoms with Gasteiger partial charge in [0.1, 0.15) is 0 Å². The maximum atomic E-state index is 11.9. The van der Waals surface area contributed by atoms with E-state index in [2.05, 4.69) is 10.6 Å². The first-order chi connectivity index (χ1) is 7.54. The quantitative estimate of drug-likeness (QED) is 0.610. The van der Waals surface area contributed by atoms with E-state index in [9.17, 15) is 4.79 Å². The molecule has 2 unspecified atom stereocenters. The van der Waals surface area contributed by atoms with Crippen LogP contribution in [0.1, 0.15) is 46.0 Å². The van der Waals surface area contributed by atoms with Crippen molar-refractivity contribution in [3.63, 3.8) is 0 Å². The van der Waals surface area contributed by atoms with Gasteiger partial charge in [-0.3, -0.25) is 4.79 Å². The molecule has 0 saturated carbocycles. The zero-order valence-electron chi connectivity index (χ0n) is 10.4. The second-order valence-corrected chi connectivity index (χ2v) is 4.96. The van der Waals surface area contributed by atoms with Gasteiger partial charge >= 0.3 is 0 Å². The summed E-state index contributed by atoms with van der Waals surface area (Å²) in [5, 5.41) is 15.3. The summed E-state index contributed by atoms with van der Waals surface area (Å²) in [4.78, 5) is 11.9. The summed E-state index contributed by atoms with van der Waals surface area (Å²) in [5.41, 5.74) is -0.386. The number of carbonyl (C=O) groups is 1. The molecule has 0 bridgehead atoms. The summed E-state index contributed by atoms with van der Waals surface area (Å²) < 4.78 is 0. The second kappa shape index (κ2) is 6.21. The lowest BCUT2D eigenvalue weighted by Crippen LogP contribution is -2.57. The molecule has 1 fully saturated rings. The lowest BCUT2D eigenvalue weighted by Gasteiger charge is -2.33.